The van der Waals surface area contributed by atoms with Crippen LogP contribution in [-0.4, -0.2) is 28.9 Å². The molecule has 88 valence electrons. The fourth-order valence-corrected chi connectivity index (χ4v) is 3.62. The predicted octanol–water partition coefficient (Wildman–Crippen LogP) is 2.75. The van der Waals surface area contributed by atoms with E-state index in [1.54, 1.807) is 5.56 Å². The molecule has 1 atom stereocenters. The highest BCUT2D eigenvalue weighted by molar-refractivity contribution is 5.51. The van der Waals surface area contributed by atoms with Gasteiger partial charge in [-0.15, -0.1) is 0 Å². The molecule has 2 aromatic rings. The highest BCUT2D eigenvalue weighted by atomic mass is 15.1. The fourth-order valence-electron chi connectivity index (χ4n) is 3.62. The van der Waals surface area contributed by atoms with E-state index < -0.39 is 0 Å². The van der Waals surface area contributed by atoms with Gasteiger partial charge in [0.2, 0.25) is 0 Å². The number of rotatable bonds is 1. The molecule has 5 heterocycles. The molecule has 2 heteroatoms. The van der Waals surface area contributed by atoms with E-state index in [1.807, 2.05) is 0 Å². The van der Waals surface area contributed by atoms with Crippen molar-refractivity contribution in [2.24, 2.45) is 5.92 Å². The Bertz CT molecular complexity index is 502. The minimum atomic E-state index is 0.775. The molecule has 5 rings (SSSR count). The molecule has 0 amide bonds. The van der Waals surface area contributed by atoms with Gasteiger partial charge in [0.25, 0.3) is 0 Å². The second-order valence-electron chi connectivity index (χ2n) is 5.55. The van der Waals surface area contributed by atoms with E-state index in [0.29, 0.717) is 0 Å². The van der Waals surface area contributed by atoms with Gasteiger partial charge in [-0.1, -0.05) is 6.07 Å². The molecule has 3 saturated heterocycles. The molecular weight excluding hydrogens is 208 g/mol. The lowest BCUT2D eigenvalue weighted by molar-refractivity contribution is 0.0871. The first kappa shape index (κ1) is 9.72. The number of aromatic nitrogens is 1. The van der Waals surface area contributed by atoms with Crippen molar-refractivity contribution in [1.29, 1.82) is 0 Å². The van der Waals surface area contributed by atoms with Crippen molar-refractivity contribution in [3.8, 4) is 0 Å². The quantitative estimate of drug-likeness (QED) is 0.725. The molecule has 0 saturated carbocycles. The Balaban J connectivity index is 1.74. The molecule has 1 unspecified atom stereocenters. The van der Waals surface area contributed by atoms with E-state index in [1.165, 1.54) is 38.0 Å². The van der Waals surface area contributed by atoms with Gasteiger partial charge in [-0.3, -0.25) is 0 Å². The van der Waals surface area contributed by atoms with Crippen molar-refractivity contribution in [3.63, 3.8) is 0 Å². The van der Waals surface area contributed by atoms with Crippen LogP contribution in [0.1, 0.15) is 24.3 Å². The minimum absolute atomic E-state index is 0.775. The SMILES string of the molecule is c1ccn2cc(C3CN4CCC3CC4)cc2c1. The molecule has 2 nitrogen and oxygen atoms in total. The smallest absolute Gasteiger partial charge is 0.0452 e. The van der Waals surface area contributed by atoms with E-state index in [9.17, 15) is 0 Å². The Labute approximate surface area is 102 Å². The van der Waals surface area contributed by atoms with Crippen LogP contribution < -0.4 is 0 Å². The van der Waals surface area contributed by atoms with Gasteiger partial charge in [0.05, 0.1) is 0 Å². The summed E-state index contributed by atoms with van der Waals surface area (Å²) in [7, 11) is 0. The van der Waals surface area contributed by atoms with Crippen LogP contribution in [0.15, 0.2) is 36.7 Å². The maximum Gasteiger partial charge on any atom is 0.0452 e. The van der Waals surface area contributed by atoms with Crippen LogP contribution in [0.3, 0.4) is 0 Å². The van der Waals surface area contributed by atoms with Crippen molar-refractivity contribution in [1.82, 2.24) is 9.30 Å². The summed E-state index contributed by atoms with van der Waals surface area (Å²) in [6.07, 6.45) is 7.29. The number of pyridine rings is 1. The van der Waals surface area contributed by atoms with Crippen molar-refractivity contribution in [2.45, 2.75) is 18.8 Å². The maximum absolute atomic E-state index is 2.63. The summed E-state index contributed by atoms with van der Waals surface area (Å²) >= 11 is 0. The number of nitrogens with zero attached hydrogens (tertiary/aromatic N) is 2. The molecule has 0 aliphatic carbocycles. The summed E-state index contributed by atoms with van der Waals surface area (Å²) in [5.74, 6) is 1.70. The van der Waals surface area contributed by atoms with Crippen molar-refractivity contribution < 1.29 is 0 Å². The fraction of sp³-hybridized carbons (Fsp3) is 0.467. The summed E-state index contributed by atoms with van der Waals surface area (Å²) < 4.78 is 2.26. The lowest BCUT2D eigenvalue weighted by Gasteiger charge is -2.44. The maximum atomic E-state index is 2.63. The van der Waals surface area contributed by atoms with E-state index >= 15 is 0 Å². The minimum Gasteiger partial charge on any atom is -0.324 e. The average Bonchev–Trinajstić information content (AvgIpc) is 2.83. The second-order valence-corrected chi connectivity index (χ2v) is 5.55. The molecule has 0 radical (unpaired) electrons. The Hall–Kier alpha value is -1.28. The zero-order valence-corrected chi connectivity index (χ0v) is 10.0. The third kappa shape index (κ3) is 1.51. The van der Waals surface area contributed by atoms with E-state index in [2.05, 4.69) is 46.0 Å². The topological polar surface area (TPSA) is 7.65 Å². The second kappa shape index (κ2) is 3.61. The molecule has 3 aliphatic heterocycles. The largest absolute Gasteiger partial charge is 0.324 e. The van der Waals surface area contributed by atoms with Gasteiger partial charge >= 0.3 is 0 Å². The van der Waals surface area contributed by atoms with E-state index in [4.69, 9.17) is 0 Å². The molecule has 2 aromatic heterocycles. The van der Waals surface area contributed by atoms with Gasteiger partial charge in [-0.25, -0.2) is 0 Å². The standard InChI is InChI=1S/C15H18N2/c1-2-6-17-10-13(9-14(17)3-1)15-11-16-7-4-12(15)5-8-16/h1-3,6,9-10,12,15H,4-5,7-8,11H2. The monoisotopic (exact) mass is 226 g/mol. The molecule has 3 aliphatic rings. The third-order valence-corrected chi connectivity index (χ3v) is 4.61. The van der Waals surface area contributed by atoms with Crippen LogP contribution in [0.25, 0.3) is 5.52 Å². The zero-order valence-electron chi connectivity index (χ0n) is 10.0. The molecule has 0 spiro atoms. The van der Waals surface area contributed by atoms with Gasteiger partial charge in [0.1, 0.15) is 0 Å². The molecule has 0 aromatic carbocycles. The normalized spacial score (nSPS) is 32.1. The lowest BCUT2D eigenvalue weighted by atomic mass is 9.76. The van der Waals surface area contributed by atoms with Gasteiger partial charge in [0, 0.05) is 30.4 Å². The average molecular weight is 226 g/mol. The summed E-state index contributed by atoms with van der Waals surface area (Å²) in [5.41, 5.74) is 2.88. The molecular formula is C15H18N2. The Kier molecular flexibility index (Phi) is 2.06. The lowest BCUT2D eigenvalue weighted by Crippen LogP contribution is -2.46. The highest BCUT2D eigenvalue weighted by Gasteiger charge is 2.35. The van der Waals surface area contributed by atoms with E-state index in [0.717, 1.165) is 11.8 Å². The number of hydrogen-bond acceptors (Lipinski definition) is 1. The van der Waals surface area contributed by atoms with E-state index in [-0.39, 0.29) is 0 Å². The summed E-state index contributed by atoms with van der Waals surface area (Å²) in [4.78, 5) is 2.63. The van der Waals surface area contributed by atoms with Crippen molar-refractivity contribution >= 4 is 5.52 Å². The Morgan fingerprint density at radius 1 is 1.12 bits per heavy atom. The first-order valence-corrected chi connectivity index (χ1v) is 6.69. The Morgan fingerprint density at radius 3 is 2.71 bits per heavy atom. The van der Waals surface area contributed by atoms with Gasteiger partial charge < -0.3 is 9.30 Å². The summed E-state index contributed by atoms with van der Waals surface area (Å²) in [6, 6.07) is 8.81. The third-order valence-electron chi connectivity index (χ3n) is 4.61. The van der Waals surface area contributed by atoms with Crippen LogP contribution in [0.2, 0.25) is 0 Å². The predicted molar refractivity (Wildman–Crippen MR) is 69.3 cm³/mol. The molecule has 0 N–H and O–H groups in total. The van der Waals surface area contributed by atoms with Gasteiger partial charge in [0.15, 0.2) is 0 Å². The van der Waals surface area contributed by atoms with Crippen LogP contribution in [-0.2, 0) is 0 Å². The molecule has 2 bridgehead atoms. The molecule has 17 heavy (non-hydrogen) atoms. The number of hydrogen-bond donors (Lipinski definition) is 0. The Morgan fingerprint density at radius 2 is 2.00 bits per heavy atom. The van der Waals surface area contributed by atoms with Crippen LogP contribution in [0.5, 0.6) is 0 Å². The first-order chi connectivity index (χ1) is 8.40. The number of piperidine rings is 3. The summed E-state index contributed by atoms with van der Waals surface area (Å²) in [5, 5.41) is 0. The van der Waals surface area contributed by atoms with Crippen molar-refractivity contribution in [3.05, 3.63) is 42.2 Å². The van der Waals surface area contributed by atoms with Gasteiger partial charge in [-0.05, 0) is 55.6 Å². The van der Waals surface area contributed by atoms with Crippen molar-refractivity contribution in [2.75, 3.05) is 19.6 Å². The molecule has 3 fully saturated rings. The van der Waals surface area contributed by atoms with Crippen LogP contribution in [0, 0.1) is 5.92 Å². The van der Waals surface area contributed by atoms with Gasteiger partial charge in [-0.2, -0.15) is 0 Å². The summed E-state index contributed by atoms with van der Waals surface area (Å²) in [6.45, 7) is 3.94. The zero-order chi connectivity index (χ0) is 11.2. The van der Waals surface area contributed by atoms with Crippen LogP contribution in [0.4, 0.5) is 0 Å². The highest BCUT2D eigenvalue weighted by Crippen LogP contribution is 2.39. The van der Waals surface area contributed by atoms with Crippen LogP contribution >= 0.6 is 0 Å². The number of fused-ring (bicyclic) bond motifs is 4. The first-order valence-electron chi connectivity index (χ1n) is 6.69.